The van der Waals surface area contributed by atoms with Gasteiger partial charge in [0.05, 0.1) is 6.04 Å². The standard InChI is InChI=1S/C28H27F2N5O2/c1-16(2)23-14-25(34-15-33-23)28(37)35-24(13-18-4-7-21(29)22(30)12-18)26(36)8-5-17-3-6-20-19(11-17)9-10-32-27(20)31/h3-4,6-7,9-12,14-16,24H,5,8,13H2,1-2H3,(H2,31,32)(H,35,37)/t24-/m0/s1. The third-order valence-electron chi connectivity index (χ3n) is 6.15. The first-order chi connectivity index (χ1) is 17.7. The lowest BCUT2D eigenvalue weighted by Crippen LogP contribution is -2.43. The van der Waals surface area contributed by atoms with E-state index in [1.165, 1.54) is 12.4 Å². The largest absolute Gasteiger partial charge is 0.383 e. The predicted molar refractivity (Wildman–Crippen MR) is 137 cm³/mol. The average Bonchev–Trinajstić information content (AvgIpc) is 2.89. The highest BCUT2D eigenvalue weighted by Crippen LogP contribution is 2.21. The Hall–Kier alpha value is -4.27. The van der Waals surface area contributed by atoms with Gasteiger partial charge in [0, 0.05) is 23.7 Å². The van der Waals surface area contributed by atoms with Crippen molar-refractivity contribution in [1.82, 2.24) is 20.3 Å². The first kappa shape index (κ1) is 25.8. The molecule has 3 N–H and O–H groups in total. The molecule has 0 unspecified atom stereocenters. The number of hydrogen-bond acceptors (Lipinski definition) is 6. The second kappa shape index (κ2) is 11.2. The summed E-state index contributed by atoms with van der Waals surface area (Å²) in [6, 6.07) is 11.6. The van der Waals surface area contributed by atoms with Crippen LogP contribution in [0.1, 0.15) is 53.5 Å². The Bertz CT molecular complexity index is 1460. The molecule has 0 saturated carbocycles. The summed E-state index contributed by atoms with van der Waals surface area (Å²) in [7, 11) is 0. The van der Waals surface area contributed by atoms with E-state index in [0.29, 0.717) is 23.5 Å². The number of benzene rings is 2. The second-order valence-electron chi connectivity index (χ2n) is 9.18. The maximum absolute atomic E-state index is 13.8. The number of hydrogen-bond donors (Lipinski definition) is 2. The number of nitrogen functional groups attached to an aromatic ring is 1. The van der Waals surface area contributed by atoms with Gasteiger partial charge in [-0.2, -0.15) is 0 Å². The minimum absolute atomic E-state index is 0.00379. The number of ketones is 1. The van der Waals surface area contributed by atoms with Crippen LogP contribution in [-0.4, -0.2) is 32.7 Å². The zero-order valence-electron chi connectivity index (χ0n) is 20.5. The van der Waals surface area contributed by atoms with Gasteiger partial charge in [0.15, 0.2) is 17.4 Å². The molecule has 0 spiro atoms. The van der Waals surface area contributed by atoms with Crippen molar-refractivity contribution in [3.8, 4) is 0 Å². The number of carbonyl (C=O) groups is 2. The molecule has 0 saturated heterocycles. The molecule has 2 aromatic carbocycles. The van der Waals surface area contributed by atoms with Crippen molar-refractivity contribution in [1.29, 1.82) is 0 Å². The van der Waals surface area contributed by atoms with E-state index in [2.05, 4.69) is 20.3 Å². The van der Waals surface area contributed by atoms with Crippen LogP contribution < -0.4 is 11.1 Å². The molecule has 0 fully saturated rings. The van der Waals surface area contributed by atoms with E-state index < -0.39 is 23.6 Å². The Kier molecular flexibility index (Phi) is 7.81. The monoisotopic (exact) mass is 503 g/mol. The van der Waals surface area contributed by atoms with Crippen LogP contribution in [-0.2, 0) is 17.6 Å². The number of aryl methyl sites for hydroxylation is 1. The van der Waals surface area contributed by atoms with Crippen LogP contribution in [0.2, 0.25) is 0 Å². The van der Waals surface area contributed by atoms with Gasteiger partial charge in [-0.15, -0.1) is 0 Å². The number of aromatic nitrogens is 3. The molecule has 4 aromatic rings. The van der Waals surface area contributed by atoms with Crippen LogP contribution >= 0.6 is 0 Å². The van der Waals surface area contributed by atoms with Crippen LogP contribution in [0, 0.1) is 11.6 Å². The fourth-order valence-corrected chi connectivity index (χ4v) is 4.04. The smallest absolute Gasteiger partial charge is 0.270 e. The van der Waals surface area contributed by atoms with Crippen LogP contribution in [0.4, 0.5) is 14.6 Å². The number of nitrogens with two attached hydrogens (primary N) is 1. The number of anilines is 1. The van der Waals surface area contributed by atoms with E-state index in [-0.39, 0.29) is 30.2 Å². The van der Waals surface area contributed by atoms with E-state index in [0.717, 1.165) is 28.5 Å². The van der Waals surface area contributed by atoms with Gasteiger partial charge in [-0.3, -0.25) is 9.59 Å². The number of nitrogens with zero attached hydrogens (tertiary/aromatic N) is 3. The van der Waals surface area contributed by atoms with Crippen molar-refractivity contribution in [3.05, 3.63) is 95.2 Å². The third kappa shape index (κ3) is 6.30. The van der Waals surface area contributed by atoms with Crippen LogP contribution in [0.5, 0.6) is 0 Å². The molecular weight excluding hydrogens is 476 g/mol. The summed E-state index contributed by atoms with van der Waals surface area (Å²) >= 11 is 0. The fraction of sp³-hybridized carbons (Fsp3) is 0.250. The molecule has 7 nitrogen and oxygen atoms in total. The average molecular weight is 504 g/mol. The summed E-state index contributed by atoms with van der Waals surface area (Å²) in [5, 5.41) is 4.47. The third-order valence-corrected chi connectivity index (χ3v) is 6.15. The molecular formula is C28H27F2N5O2. The number of fused-ring (bicyclic) bond motifs is 1. The summed E-state index contributed by atoms with van der Waals surface area (Å²) < 4.78 is 27.3. The molecule has 2 heterocycles. The number of pyridine rings is 1. The highest BCUT2D eigenvalue weighted by Gasteiger charge is 2.23. The van der Waals surface area contributed by atoms with Crippen LogP contribution in [0.3, 0.4) is 0 Å². The molecule has 1 atom stereocenters. The lowest BCUT2D eigenvalue weighted by atomic mass is 9.96. The SMILES string of the molecule is CC(C)c1cc(C(=O)N[C@@H](Cc2ccc(F)c(F)c2)C(=O)CCc2ccc3c(N)nccc3c2)ncn1. The van der Waals surface area contributed by atoms with Crippen molar-refractivity contribution in [2.75, 3.05) is 5.73 Å². The summed E-state index contributed by atoms with van der Waals surface area (Å²) in [6.07, 6.45) is 3.48. The molecule has 0 aliphatic rings. The number of carbonyl (C=O) groups excluding carboxylic acids is 2. The number of nitrogens with one attached hydrogen (secondary N) is 1. The Morgan fingerprint density at radius 1 is 0.946 bits per heavy atom. The highest BCUT2D eigenvalue weighted by atomic mass is 19.2. The maximum Gasteiger partial charge on any atom is 0.270 e. The first-order valence-electron chi connectivity index (χ1n) is 11.9. The molecule has 37 heavy (non-hydrogen) atoms. The molecule has 2 aromatic heterocycles. The van der Waals surface area contributed by atoms with Crippen molar-refractivity contribution in [2.45, 2.75) is 45.1 Å². The van der Waals surface area contributed by atoms with Gasteiger partial charge in [-0.25, -0.2) is 23.7 Å². The number of halogens is 2. The normalized spacial score (nSPS) is 12.0. The van der Waals surface area contributed by atoms with Crippen molar-refractivity contribution in [2.24, 2.45) is 0 Å². The van der Waals surface area contributed by atoms with E-state index in [9.17, 15) is 18.4 Å². The fourth-order valence-electron chi connectivity index (χ4n) is 4.04. The Labute approximate surface area is 213 Å². The quantitative estimate of drug-likeness (QED) is 0.347. The minimum atomic E-state index is -1.02. The van der Waals surface area contributed by atoms with Gasteiger partial charge in [0.2, 0.25) is 0 Å². The van der Waals surface area contributed by atoms with Gasteiger partial charge >= 0.3 is 0 Å². The summed E-state index contributed by atoms with van der Waals surface area (Å²) in [6.45, 7) is 3.88. The number of Topliss-reactive ketones (excluding diaryl/α,β-unsaturated/α-hetero) is 1. The molecule has 9 heteroatoms. The topological polar surface area (TPSA) is 111 Å². The van der Waals surface area contributed by atoms with E-state index >= 15 is 0 Å². The minimum Gasteiger partial charge on any atom is -0.383 e. The van der Waals surface area contributed by atoms with E-state index in [4.69, 9.17) is 5.73 Å². The number of amides is 1. The predicted octanol–water partition coefficient (Wildman–Crippen LogP) is 4.55. The lowest BCUT2D eigenvalue weighted by Gasteiger charge is -2.18. The summed E-state index contributed by atoms with van der Waals surface area (Å²) in [5.41, 5.74) is 8.04. The molecule has 4 rings (SSSR count). The summed E-state index contributed by atoms with van der Waals surface area (Å²) in [5.74, 6) is -2.27. The van der Waals surface area contributed by atoms with Crippen molar-refractivity contribution < 1.29 is 18.4 Å². The first-order valence-corrected chi connectivity index (χ1v) is 11.9. The molecule has 0 radical (unpaired) electrons. The lowest BCUT2D eigenvalue weighted by molar-refractivity contribution is -0.120. The Morgan fingerprint density at radius 3 is 2.49 bits per heavy atom. The second-order valence-corrected chi connectivity index (χ2v) is 9.18. The molecule has 0 bridgehead atoms. The zero-order chi connectivity index (χ0) is 26.5. The molecule has 0 aliphatic carbocycles. The van der Waals surface area contributed by atoms with Gasteiger partial charge in [-0.1, -0.05) is 38.1 Å². The Morgan fingerprint density at radius 2 is 1.73 bits per heavy atom. The molecule has 1 amide bonds. The zero-order valence-corrected chi connectivity index (χ0v) is 20.5. The number of rotatable bonds is 9. The van der Waals surface area contributed by atoms with Crippen LogP contribution in [0.25, 0.3) is 10.8 Å². The van der Waals surface area contributed by atoms with E-state index in [1.54, 1.807) is 12.3 Å². The van der Waals surface area contributed by atoms with E-state index in [1.807, 2.05) is 38.1 Å². The van der Waals surface area contributed by atoms with Crippen molar-refractivity contribution >= 4 is 28.3 Å². The van der Waals surface area contributed by atoms with Crippen LogP contribution in [0.15, 0.2) is 61.1 Å². The summed E-state index contributed by atoms with van der Waals surface area (Å²) in [4.78, 5) is 38.6. The molecule has 190 valence electrons. The molecule has 0 aliphatic heterocycles. The van der Waals surface area contributed by atoms with Crippen molar-refractivity contribution in [3.63, 3.8) is 0 Å². The Balaban J connectivity index is 1.53. The van der Waals surface area contributed by atoms with Gasteiger partial charge < -0.3 is 11.1 Å². The highest BCUT2D eigenvalue weighted by molar-refractivity contribution is 5.97. The van der Waals surface area contributed by atoms with Gasteiger partial charge in [0.25, 0.3) is 5.91 Å². The van der Waals surface area contributed by atoms with Gasteiger partial charge in [-0.05, 0) is 59.5 Å². The van der Waals surface area contributed by atoms with Gasteiger partial charge in [0.1, 0.15) is 17.8 Å². The maximum atomic E-state index is 13.8.